The maximum absolute atomic E-state index is 3.95. The Labute approximate surface area is 217 Å². The second kappa shape index (κ2) is 10.3. The Morgan fingerprint density at radius 3 is 2.19 bits per heavy atom. The van der Waals surface area contributed by atoms with Crippen molar-refractivity contribution in [2.24, 2.45) is 0 Å². The van der Waals surface area contributed by atoms with Crippen molar-refractivity contribution in [3.8, 4) is 22.3 Å². The fourth-order valence-electron chi connectivity index (χ4n) is 6.03. The zero-order chi connectivity index (χ0) is 25.1. The van der Waals surface area contributed by atoms with Gasteiger partial charge in [0.25, 0.3) is 0 Å². The van der Waals surface area contributed by atoms with E-state index in [4.69, 9.17) is 0 Å². The summed E-state index contributed by atoms with van der Waals surface area (Å²) in [5.41, 5.74) is 12.3. The lowest BCUT2D eigenvalue weighted by Gasteiger charge is -2.33. The van der Waals surface area contributed by atoms with Crippen LogP contribution in [-0.4, -0.2) is 0 Å². The van der Waals surface area contributed by atoms with E-state index in [0.29, 0.717) is 5.92 Å². The summed E-state index contributed by atoms with van der Waals surface area (Å²) in [5.74, 6) is 0.596. The maximum Gasteiger partial charge on any atom is 0.0463 e. The molecule has 0 radical (unpaired) electrons. The second-order valence-corrected chi connectivity index (χ2v) is 10.5. The van der Waals surface area contributed by atoms with E-state index in [2.05, 4.69) is 124 Å². The van der Waals surface area contributed by atoms with Gasteiger partial charge < -0.3 is 0 Å². The van der Waals surface area contributed by atoms with Gasteiger partial charge in [-0.15, -0.1) is 6.58 Å². The highest BCUT2D eigenvalue weighted by Gasteiger charge is 2.44. The highest BCUT2D eigenvalue weighted by molar-refractivity contribution is 5.86. The molecule has 182 valence electrons. The predicted octanol–water partition coefficient (Wildman–Crippen LogP) is 10.2. The van der Waals surface area contributed by atoms with Gasteiger partial charge in [-0.2, -0.15) is 0 Å². The molecule has 1 aliphatic rings. The molecule has 0 N–H and O–H groups in total. The summed E-state index contributed by atoms with van der Waals surface area (Å²) in [7, 11) is 0. The third-order valence-corrected chi connectivity index (χ3v) is 8.34. The SMILES string of the molecule is C=CCCCCC1(c2ccc(C)cc2)c2ccccc2-c2ccc(-c3ccc(C(C)CC)cc3)cc21. The minimum Gasteiger partial charge on any atom is -0.103 e. The largest absolute Gasteiger partial charge is 0.103 e. The molecule has 2 unspecified atom stereocenters. The van der Waals surface area contributed by atoms with Crippen molar-refractivity contribution in [2.45, 2.75) is 64.2 Å². The van der Waals surface area contributed by atoms with Crippen molar-refractivity contribution in [1.29, 1.82) is 0 Å². The molecule has 2 atom stereocenters. The molecule has 1 aliphatic carbocycles. The first-order valence-corrected chi connectivity index (χ1v) is 13.6. The zero-order valence-electron chi connectivity index (χ0n) is 22.1. The highest BCUT2D eigenvalue weighted by Crippen LogP contribution is 2.55. The number of unbranched alkanes of at least 4 members (excludes halogenated alkanes) is 2. The van der Waals surface area contributed by atoms with Crippen LogP contribution < -0.4 is 0 Å². The van der Waals surface area contributed by atoms with Crippen molar-refractivity contribution in [1.82, 2.24) is 0 Å². The Morgan fingerprint density at radius 2 is 1.47 bits per heavy atom. The van der Waals surface area contributed by atoms with Gasteiger partial charge in [0.05, 0.1) is 0 Å². The van der Waals surface area contributed by atoms with Crippen molar-refractivity contribution in [2.75, 3.05) is 0 Å². The van der Waals surface area contributed by atoms with E-state index in [1.165, 1.54) is 69.3 Å². The molecule has 0 heterocycles. The van der Waals surface area contributed by atoms with Crippen LogP contribution in [0.3, 0.4) is 0 Å². The van der Waals surface area contributed by atoms with Gasteiger partial charge in [-0.1, -0.05) is 117 Å². The molecule has 0 aliphatic heterocycles. The number of hydrogen-bond donors (Lipinski definition) is 0. The summed E-state index contributed by atoms with van der Waals surface area (Å²) in [6, 6.07) is 34.8. The van der Waals surface area contributed by atoms with Gasteiger partial charge >= 0.3 is 0 Å². The standard InChI is InChI=1S/C36H38/c1-5-7-8-11-24-36(31-21-14-26(3)15-22-31)34-13-10-9-12-32(34)33-23-20-30(25-35(33)36)29-18-16-28(17-19-29)27(4)6-2/h5,9-10,12-23,25,27H,1,6-8,11,24H2,2-4H3. The van der Waals surface area contributed by atoms with E-state index >= 15 is 0 Å². The number of rotatable bonds is 9. The lowest BCUT2D eigenvalue weighted by molar-refractivity contribution is 0.530. The van der Waals surface area contributed by atoms with Gasteiger partial charge in [0, 0.05) is 5.41 Å². The van der Waals surface area contributed by atoms with Gasteiger partial charge in [-0.05, 0) is 89.1 Å². The summed E-state index contributed by atoms with van der Waals surface area (Å²) < 4.78 is 0. The fraction of sp³-hybridized carbons (Fsp3) is 0.278. The van der Waals surface area contributed by atoms with E-state index in [1.54, 1.807) is 0 Å². The Kier molecular flexibility index (Phi) is 6.97. The molecule has 0 bridgehead atoms. The molecule has 0 amide bonds. The van der Waals surface area contributed by atoms with Crippen LogP contribution in [-0.2, 0) is 5.41 Å². The van der Waals surface area contributed by atoms with Gasteiger partial charge in [0.2, 0.25) is 0 Å². The van der Waals surface area contributed by atoms with Crippen LogP contribution in [0.1, 0.15) is 79.7 Å². The summed E-state index contributed by atoms with van der Waals surface area (Å²) >= 11 is 0. The molecule has 0 saturated heterocycles. The predicted molar refractivity (Wildman–Crippen MR) is 156 cm³/mol. The van der Waals surface area contributed by atoms with Crippen LogP contribution in [0.5, 0.6) is 0 Å². The Hall–Kier alpha value is -3.38. The molecule has 4 aromatic rings. The normalized spacial score (nSPS) is 16.9. The van der Waals surface area contributed by atoms with Gasteiger partial charge in [-0.3, -0.25) is 0 Å². The summed E-state index contributed by atoms with van der Waals surface area (Å²) in [5, 5.41) is 0. The zero-order valence-corrected chi connectivity index (χ0v) is 22.1. The molecule has 0 heteroatoms. The lowest BCUT2D eigenvalue weighted by Crippen LogP contribution is -2.27. The third-order valence-electron chi connectivity index (χ3n) is 8.34. The molecule has 4 aromatic carbocycles. The number of aryl methyl sites for hydroxylation is 1. The average Bonchev–Trinajstić information content (AvgIpc) is 3.21. The number of fused-ring (bicyclic) bond motifs is 3. The van der Waals surface area contributed by atoms with Crippen molar-refractivity contribution in [3.63, 3.8) is 0 Å². The Balaban J connectivity index is 1.67. The minimum atomic E-state index is -0.131. The molecule has 36 heavy (non-hydrogen) atoms. The van der Waals surface area contributed by atoms with Gasteiger partial charge in [0.15, 0.2) is 0 Å². The molecule has 0 saturated carbocycles. The topological polar surface area (TPSA) is 0 Å². The molecule has 0 spiro atoms. The molecule has 5 rings (SSSR count). The highest BCUT2D eigenvalue weighted by atomic mass is 14.5. The van der Waals surface area contributed by atoms with Crippen molar-refractivity contribution < 1.29 is 0 Å². The van der Waals surface area contributed by atoms with Gasteiger partial charge in [0.1, 0.15) is 0 Å². The smallest absolute Gasteiger partial charge is 0.0463 e. The molecular formula is C36H38. The third kappa shape index (κ3) is 4.24. The molecule has 0 nitrogen and oxygen atoms in total. The average molecular weight is 471 g/mol. The number of allylic oxidation sites excluding steroid dienone is 1. The summed E-state index contributed by atoms with van der Waals surface area (Å²) in [6.45, 7) is 10.7. The van der Waals surface area contributed by atoms with Crippen LogP contribution in [0.25, 0.3) is 22.3 Å². The first-order valence-electron chi connectivity index (χ1n) is 13.6. The minimum absolute atomic E-state index is 0.131. The molecule has 0 fully saturated rings. The summed E-state index contributed by atoms with van der Waals surface area (Å²) in [6.07, 6.45) is 7.73. The number of hydrogen-bond acceptors (Lipinski definition) is 0. The maximum atomic E-state index is 3.95. The van der Waals surface area contributed by atoms with Crippen molar-refractivity contribution in [3.05, 3.63) is 131 Å². The molecular weight excluding hydrogens is 432 g/mol. The van der Waals surface area contributed by atoms with E-state index in [9.17, 15) is 0 Å². The van der Waals surface area contributed by atoms with Crippen molar-refractivity contribution >= 4 is 0 Å². The van der Waals surface area contributed by atoms with E-state index in [1.807, 2.05) is 0 Å². The van der Waals surface area contributed by atoms with Crippen LogP contribution in [0.2, 0.25) is 0 Å². The van der Waals surface area contributed by atoms with E-state index in [0.717, 1.165) is 12.8 Å². The van der Waals surface area contributed by atoms with E-state index < -0.39 is 0 Å². The monoisotopic (exact) mass is 470 g/mol. The van der Waals surface area contributed by atoms with Gasteiger partial charge in [-0.25, -0.2) is 0 Å². The van der Waals surface area contributed by atoms with Crippen LogP contribution >= 0.6 is 0 Å². The quantitative estimate of drug-likeness (QED) is 0.169. The fourth-order valence-corrected chi connectivity index (χ4v) is 6.03. The first kappa shape index (κ1) is 24.3. The second-order valence-electron chi connectivity index (χ2n) is 10.5. The Morgan fingerprint density at radius 1 is 0.778 bits per heavy atom. The first-order chi connectivity index (χ1) is 17.6. The van der Waals surface area contributed by atoms with Crippen LogP contribution in [0.15, 0.2) is 104 Å². The molecule has 0 aromatic heterocycles. The van der Waals surface area contributed by atoms with Crippen LogP contribution in [0, 0.1) is 6.92 Å². The van der Waals surface area contributed by atoms with E-state index in [-0.39, 0.29) is 5.41 Å². The summed E-state index contributed by atoms with van der Waals surface area (Å²) in [4.78, 5) is 0. The lowest BCUT2D eigenvalue weighted by atomic mass is 9.68. The Bertz CT molecular complexity index is 1340. The van der Waals surface area contributed by atoms with Crippen LogP contribution in [0.4, 0.5) is 0 Å². The number of benzene rings is 4.